The van der Waals surface area contributed by atoms with Crippen LogP contribution < -0.4 is 16.8 Å². The maximum Gasteiger partial charge on any atom is 0.321 e. The van der Waals surface area contributed by atoms with E-state index in [2.05, 4.69) is 5.32 Å². The van der Waals surface area contributed by atoms with Gasteiger partial charge in [0, 0.05) is 26.2 Å². The summed E-state index contributed by atoms with van der Waals surface area (Å²) in [4.78, 5) is 62.3. The molecule has 35 heavy (non-hydrogen) atoms. The third kappa shape index (κ3) is 6.67. The molecule has 8 N–H and O–H groups in total. The van der Waals surface area contributed by atoms with Gasteiger partial charge in [-0.3, -0.25) is 33.8 Å². The van der Waals surface area contributed by atoms with Gasteiger partial charge in [0.15, 0.2) is 0 Å². The largest absolute Gasteiger partial charge is 0.481 e. The van der Waals surface area contributed by atoms with Crippen LogP contribution in [0, 0.1) is 0 Å². The van der Waals surface area contributed by atoms with Crippen molar-refractivity contribution in [2.24, 2.45) is 11.5 Å². The number of amides is 2. The fourth-order valence-electron chi connectivity index (χ4n) is 5.62. The van der Waals surface area contributed by atoms with Crippen molar-refractivity contribution in [2.75, 3.05) is 32.7 Å². The minimum absolute atomic E-state index is 0.0487. The SMILES string of the molecule is NC(=O)C1(N(CCNCCN(C(CC(=O)O)C(=O)O)C2(C(N)=O)CCCC2)CC(=O)O)CCCC1. The second kappa shape index (κ2) is 12.3. The van der Waals surface area contributed by atoms with Gasteiger partial charge in [-0.1, -0.05) is 25.7 Å². The lowest BCUT2D eigenvalue weighted by Gasteiger charge is -2.42. The zero-order valence-electron chi connectivity index (χ0n) is 19.9. The van der Waals surface area contributed by atoms with Gasteiger partial charge in [-0.05, 0) is 25.7 Å². The maximum atomic E-state index is 12.4. The summed E-state index contributed by atoms with van der Waals surface area (Å²) in [5.74, 6) is -4.96. The van der Waals surface area contributed by atoms with Crippen LogP contribution in [-0.4, -0.2) is 105 Å². The first-order chi connectivity index (χ1) is 16.5. The van der Waals surface area contributed by atoms with E-state index in [1.54, 1.807) is 4.90 Å². The predicted octanol–water partition coefficient (Wildman–Crippen LogP) is -1.21. The second-order valence-corrected chi connectivity index (χ2v) is 9.42. The molecular formula is C22H37N5O8. The average molecular weight is 500 g/mol. The Hall–Kier alpha value is -2.77. The highest BCUT2D eigenvalue weighted by atomic mass is 16.4. The number of nitrogens with zero attached hydrogens (tertiary/aromatic N) is 2. The number of rotatable bonds is 16. The van der Waals surface area contributed by atoms with Gasteiger partial charge in [0.2, 0.25) is 11.8 Å². The van der Waals surface area contributed by atoms with Crippen LogP contribution in [0.5, 0.6) is 0 Å². The summed E-state index contributed by atoms with van der Waals surface area (Å²) in [5.41, 5.74) is 9.08. The van der Waals surface area contributed by atoms with E-state index < -0.39 is 53.3 Å². The van der Waals surface area contributed by atoms with E-state index in [1.807, 2.05) is 0 Å². The van der Waals surface area contributed by atoms with Crippen molar-refractivity contribution in [1.82, 2.24) is 15.1 Å². The highest BCUT2D eigenvalue weighted by Crippen LogP contribution is 2.37. The fraction of sp³-hybridized carbons (Fsp3) is 0.773. The molecule has 0 aromatic carbocycles. The van der Waals surface area contributed by atoms with E-state index in [0.29, 0.717) is 38.5 Å². The summed E-state index contributed by atoms with van der Waals surface area (Å²) in [6, 6.07) is -1.43. The summed E-state index contributed by atoms with van der Waals surface area (Å²) >= 11 is 0. The van der Waals surface area contributed by atoms with Crippen molar-refractivity contribution in [3.05, 3.63) is 0 Å². The number of carbonyl (C=O) groups is 5. The van der Waals surface area contributed by atoms with E-state index >= 15 is 0 Å². The van der Waals surface area contributed by atoms with Crippen LogP contribution in [0.3, 0.4) is 0 Å². The molecule has 2 aliphatic carbocycles. The van der Waals surface area contributed by atoms with Crippen molar-refractivity contribution in [3.63, 3.8) is 0 Å². The number of hydrogen-bond donors (Lipinski definition) is 6. The number of nitrogens with two attached hydrogens (primary N) is 2. The van der Waals surface area contributed by atoms with E-state index in [9.17, 15) is 39.3 Å². The van der Waals surface area contributed by atoms with E-state index in [-0.39, 0.29) is 32.7 Å². The number of carbonyl (C=O) groups excluding carboxylic acids is 2. The molecule has 2 rings (SSSR count). The molecule has 0 bridgehead atoms. The number of nitrogens with one attached hydrogen (secondary N) is 1. The van der Waals surface area contributed by atoms with Crippen molar-refractivity contribution < 1.29 is 39.3 Å². The predicted molar refractivity (Wildman–Crippen MR) is 123 cm³/mol. The Morgan fingerprint density at radius 3 is 1.69 bits per heavy atom. The van der Waals surface area contributed by atoms with Crippen molar-refractivity contribution in [3.8, 4) is 0 Å². The average Bonchev–Trinajstić information content (AvgIpc) is 3.45. The Morgan fingerprint density at radius 1 is 0.771 bits per heavy atom. The molecule has 2 saturated carbocycles. The normalized spacial score (nSPS) is 19.6. The topological polar surface area (TPSA) is 217 Å². The molecule has 2 aliphatic rings. The van der Waals surface area contributed by atoms with Crippen molar-refractivity contribution in [1.29, 1.82) is 0 Å². The summed E-state index contributed by atoms with van der Waals surface area (Å²) in [5, 5.41) is 31.4. The Balaban J connectivity index is 2.10. The van der Waals surface area contributed by atoms with E-state index in [1.165, 1.54) is 4.90 Å². The number of carboxylic acid groups (broad SMARTS) is 3. The number of aliphatic carboxylic acids is 3. The quantitative estimate of drug-likeness (QED) is 0.138. The molecule has 0 spiro atoms. The van der Waals surface area contributed by atoms with Gasteiger partial charge in [-0.15, -0.1) is 0 Å². The fourth-order valence-corrected chi connectivity index (χ4v) is 5.62. The summed E-state index contributed by atoms with van der Waals surface area (Å²) in [6.07, 6.45) is 3.88. The van der Waals surface area contributed by atoms with Gasteiger partial charge in [-0.2, -0.15) is 0 Å². The molecule has 0 saturated heterocycles. The molecule has 0 radical (unpaired) electrons. The molecular weight excluding hydrogens is 462 g/mol. The van der Waals surface area contributed by atoms with Gasteiger partial charge in [0.25, 0.3) is 0 Å². The highest BCUT2D eigenvalue weighted by Gasteiger charge is 2.49. The molecule has 1 unspecified atom stereocenters. The monoisotopic (exact) mass is 499 g/mol. The first-order valence-electron chi connectivity index (χ1n) is 11.9. The Morgan fingerprint density at radius 2 is 1.26 bits per heavy atom. The molecule has 13 heteroatoms. The first kappa shape index (κ1) is 28.5. The Labute approximate surface area is 203 Å². The van der Waals surface area contributed by atoms with Crippen LogP contribution in [0.2, 0.25) is 0 Å². The van der Waals surface area contributed by atoms with Gasteiger partial charge in [0.1, 0.15) is 17.1 Å². The van der Waals surface area contributed by atoms with Gasteiger partial charge in [0.05, 0.1) is 13.0 Å². The number of hydrogen-bond acceptors (Lipinski definition) is 8. The summed E-state index contributed by atoms with van der Waals surface area (Å²) < 4.78 is 0. The number of carboxylic acids is 3. The minimum atomic E-state index is -1.43. The van der Waals surface area contributed by atoms with Gasteiger partial charge < -0.3 is 32.1 Å². The molecule has 2 fully saturated rings. The smallest absolute Gasteiger partial charge is 0.321 e. The van der Waals surface area contributed by atoms with E-state index in [4.69, 9.17) is 11.5 Å². The first-order valence-corrected chi connectivity index (χ1v) is 11.9. The standard InChI is InChI=1S/C22H37N5O8/c23-19(34)21(5-1-2-6-21)26(14-17(30)31)11-9-25-10-12-27(15(18(32)33)13-16(28)29)22(20(24)35)7-3-4-8-22/h15,25H,1-14H2,(H2,23,34)(H2,24,35)(H,28,29)(H,30,31)(H,32,33). The molecule has 0 heterocycles. The van der Waals surface area contributed by atoms with Crippen LogP contribution in [-0.2, 0) is 24.0 Å². The van der Waals surface area contributed by atoms with Gasteiger partial charge >= 0.3 is 17.9 Å². The van der Waals surface area contributed by atoms with Crippen LogP contribution in [0.1, 0.15) is 57.8 Å². The molecule has 198 valence electrons. The van der Waals surface area contributed by atoms with Crippen LogP contribution in [0.15, 0.2) is 0 Å². The summed E-state index contributed by atoms with van der Waals surface area (Å²) in [7, 11) is 0. The Kier molecular flexibility index (Phi) is 9.98. The van der Waals surface area contributed by atoms with Crippen LogP contribution in [0.4, 0.5) is 0 Å². The minimum Gasteiger partial charge on any atom is -0.481 e. The molecule has 2 amide bonds. The Bertz CT molecular complexity index is 808. The van der Waals surface area contributed by atoms with Crippen LogP contribution >= 0.6 is 0 Å². The third-order valence-electron chi connectivity index (χ3n) is 7.38. The molecule has 0 aromatic heterocycles. The molecule has 0 aromatic rings. The molecule has 0 aliphatic heterocycles. The zero-order valence-corrected chi connectivity index (χ0v) is 19.9. The van der Waals surface area contributed by atoms with E-state index in [0.717, 1.165) is 12.8 Å². The van der Waals surface area contributed by atoms with Gasteiger partial charge in [-0.25, -0.2) is 0 Å². The van der Waals surface area contributed by atoms with Crippen molar-refractivity contribution in [2.45, 2.75) is 74.9 Å². The molecule has 1 atom stereocenters. The molecule has 13 nitrogen and oxygen atoms in total. The lowest BCUT2D eigenvalue weighted by molar-refractivity contribution is -0.155. The third-order valence-corrected chi connectivity index (χ3v) is 7.38. The number of primary amides is 2. The van der Waals surface area contributed by atoms with Crippen molar-refractivity contribution >= 4 is 29.7 Å². The lowest BCUT2D eigenvalue weighted by Crippen LogP contribution is -2.63. The highest BCUT2D eigenvalue weighted by molar-refractivity contribution is 5.87. The summed E-state index contributed by atoms with van der Waals surface area (Å²) in [6.45, 7) is 0.390. The second-order valence-electron chi connectivity index (χ2n) is 9.42. The maximum absolute atomic E-state index is 12.4. The van der Waals surface area contributed by atoms with Crippen LogP contribution in [0.25, 0.3) is 0 Å². The lowest BCUT2D eigenvalue weighted by atomic mass is 9.91. The zero-order chi connectivity index (χ0) is 26.2.